The van der Waals surface area contributed by atoms with Crippen LogP contribution in [0.4, 0.5) is 11.4 Å². The van der Waals surface area contributed by atoms with Gasteiger partial charge >= 0.3 is 0 Å². The van der Waals surface area contributed by atoms with Crippen molar-refractivity contribution in [3.05, 3.63) is 91.8 Å². The lowest BCUT2D eigenvalue weighted by Gasteiger charge is -2.15. The Morgan fingerprint density at radius 1 is 1.00 bits per heavy atom. The van der Waals surface area contributed by atoms with Crippen molar-refractivity contribution >= 4 is 46.6 Å². The Labute approximate surface area is 234 Å². The van der Waals surface area contributed by atoms with E-state index in [1.165, 1.54) is 12.1 Å². The second-order valence-corrected chi connectivity index (χ2v) is 9.81. The summed E-state index contributed by atoms with van der Waals surface area (Å²) in [6.07, 6.45) is 1.75. The number of aromatic hydroxyl groups is 1. The van der Waals surface area contributed by atoms with Crippen molar-refractivity contribution in [2.75, 3.05) is 6.26 Å². The maximum Gasteiger partial charge on any atom is 0.285 e. The van der Waals surface area contributed by atoms with Gasteiger partial charge in [0.05, 0.1) is 16.8 Å². The number of pyridine rings is 1. The van der Waals surface area contributed by atoms with Gasteiger partial charge in [-0.3, -0.25) is 19.2 Å². The molecule has 4 rings (SSSR count). The zero-order valence-corrected chi connectivity index (χ0v) is 23.3. The highest BCUT2D eigenvalue weighted by Crippen LogP contribution is 2.38. The number of hydrogen-bond acceptors (Lipinski definition) is 9. The van der Waals surface area contributed by atoms with Crippen LogP contribution in [0.25, 0.3) is 5.70 Å². The normalized spacial score (nSPS) is 12.6. The summed E-state index contributed by atoms with van der Waals surface area (Å²) in [6.45, 7) is 6.83. The van der Waals surface area contributed by atoms with Gasteiger partial charge < -0.3 is 5.11 Å². The lowest BCUT2D eigenvalue weighted by atomic mass is 9.94. The fourth-order valence-electron chi connectivity index (χ4n) is 4.41. The number of allylic oxidation sites excluding steroid dienone is 2. The largest absolute Gasteiger partial charge is 0.493 e. The lowest BCUT2D eigenvalue weighted by Crippen LogP contribution is -2.22. The number of fused-ring (bicyclic) bond motifs is 1. The quantitative estimate of drug-likeness (QED) is 0.168. The van der Waals surface area contributed by atoms with E-state index in [-0.39, 0.29) is 45.6 Å². The first-order valence-corrected chi connectivity index (χ1v) is 13.4. The minimum Gasteiger partial charge on any atom is -0.493 e. The molecule has 2 amide bonds. The van der Waals surface area contributed by atoms with E-state index in [2.05, 4.69) is 10.2 Å². The molecule has 0 saturated heterocycles. The number of carbonyl (C=O) groups is 3. The van der Waals surface area contributed by atoms with Crippen LogP contribution in [0.5, 0.6) is 5.88 Å². The van der Waals surface area contributed by atoms with Gasteiger partial charge in [-0.1, -0.05) is 42.8 Å². The number of benzene rings is 2. The van der Waals surface area contributed by atoms with Gasteiger partial charge in [-0.15, -0.1) is 10.2 Å². The molecule has 1 aliphatic heterocycles. The zero-order chi connectivity index (χ0) is 29.3. The summed E-state index contributed by atoms with van der Waals surface area (Å²) in [4.78, 5) is 53.2. The van der Waals surface area contributed by atoms with Crippen LogP contribution in [0.15, 0.2) is 63.1 Å². The van der Waals surface area contributed by atoms with Crippen molar-refractivity contribution in [2.24, 2.45) is 10.2 Å². The Bertz CT molecular complexity index is 1750. The Balaban J connectivity index is 1.96. The van der Waals surface area contributed by atoms with E-state index in [4.69, 9.17) is 0 Å². The molecular formula is C29H25N5O5S. The molecule has 202 valence electrons. The Kier molecular flexibility index (Phi) is 7.84. The molecule has 2 aromatic carbocycles. The zero-order valence-electron chi connectivity index (χ0n) is 22.5. The summed E-state index contributed by atoms with van der Waals surface area (Å²) in [5.74, 6) is -2.25. The van der Waals surface area contributed by atoms with E-state index in [0.717, 1.165) is 26.4 Å². The molecule has 1 N–H and O–H groups in total. The molecule has 0 fully saturated rings. The second kappa shape index (κ2) is 11.1. The van der Waals surface area contributed by atoms with Crippen LogP contribution in [0, 0.1) is 11.3 Å². The number of nitrogens with zero attached hydrogens (tertiary/aromatic N) is 5. The molecule has 10 nitrogen and oxygen atoms in total. The van der Waals surface area contributed by atoms with Crippen LogP contribution in [-0.4, -0.2) is 37.8 Å². The first-order valence-electron chi connectivity index (χ1n) is 12.3. The van der Waals surface area contributed by atoms with Crippen molar-refractivity contribution in [3.63, 3.8) is 0 Å². The van der Waals surface area contributed by atoms with E-state index in [0.29, 0.717) is 11.3 Å². The number of aromatic nitrogens is 1. The van der Waals surface area contributed by atoms with Gasteiger partial charge in [-0.25, -0.2) is 8.87 Å². The molecule has 0 radical (unpaired) electrons. The third kappa shape index (κ3) is 4.52. The Morgan fingerprint density at radius 3 is 2.23 bits per heavy atom. The predicted molar refractivity (Wildman–Crippen MR) is 151 cm³/mol. The molecule has 0 aliphatic carbocycles. The highest BCUT2D eigenvalue weighted by molar-refractivity contribution is 7.97. The van der Waals surface area contributed by atoms with Crippen molar-refractivity contribution in [3.8, 4) is 11.9 Å². The topological polar surface area (TPSA) is 145 Å². The molecule has 0 spiro atoms. The molecule has 11 heteroatoms. The number of rotatable bonds is 7. The van der Waals surface area contributed by atoms with Crippen molar-refractivity contribution < 1.29 is 19.5 Å². The predicted octanol–water partition coefficient (Wildman–Crippen LogP) is 5.78. The average molecular weight is 556 g/mol. The lowest BCUT2D eigenvalue weighted by molar-refractivity contribution is 0.0775. The molecule has 1 aromatic heterocycles. The number of carbonyl (C=O) groups excluding carboxylic acids is 3. The van der Waals surface area contributed by atoms with Crippen molar-refractivity contribution in [1.82, 2.24) is 8.87 Å². The Hall–Kier alpha value is -4.82. The summed E-state index contributed by atoms with van der Waals surface area (Å²) in [5.41, 5.74) is 0.492. The van der Waals surface area contributed by atoms with Gasteiger partial charge in [-0.05, 0) is 51.3 Å². The van der Waals surface area contributed by atoms with Gasteiger partial charge in [0.1, 0.15) is 11.6 Å². The minimum atomic E-state index is -0.698. The van der Waals surface area contributed by atoms with Gasteiger partial charge in [0.25, 0.3) is 17.4 Å². The maximum atomic E-state index is 13.5. The maximum absolute atomic E-state index is 13.5. The van der Waals surface area contributed by atoms with E-state index < -0.39 is 29.0 Å². The van der Waals surface area contributed by atoms with Gasteiger partial charge in [0, 0.05) is 28.6 Å². The van der Waals surface area contributed by atoms with Gasteiger partial charge in [0.15, 0.2) is 11.5 Å². The minimum absolute atomic E-state index is 0.0203. The monoisotopic (exact) mass is 555 g/mol. The highest BCUT2D eigenvalue weighted by Gasteiger charge is 2.41. The van der Waals surface area contributed by atoms with Crippen LogP contribution in [-0.2, 0) is 6.42 Å². The van der Waals surface area contributed by atoms with E-state index in [1.54, 1.807) is 64.3 Å². The SMILES string of the molecule is CCc1c(C#N)c(O)n(C(C)=C(C)C)c(=O)c1N=Nc1ccc(C(=O)c2ccccc2)c2c1C(=O)N(SC)C2=O. The molecule has 0 unspecified atom stereocenters. The molecular weight excluding hydrogens is 530 g/mol. The van der Waals surface area contributed by atoms with Crippen molar-refractivity contribution in [2.45, 2.75) is 34.1 Å². The number of azo groups is 1. The summed E-state index contributed by atoms with van der Waals surface area (Å²) in [6, 6.07) is 13.1. The number of ketones is 1. The Morgan fingerprint density at radius 2 is 1.65 bits per heavy atom. The standard InChI is InChI=1S/C29H25N5O5S/c1-6-18-20(14-30)26(36)33(16(4)15(2)3)29(39)24(18)32-31-21-13-12-19(25(35)17-10-8-7-9-11-17)22-23(21)28(38)34(40-5)27(22)37/h7-13,36H,6H2,1-5H3. The summed E-state index contributed by atoms with van der Waals surface area (Å²) < 4.78 is 1.93. The first kappa shape index (κ1) is 28.2. The third-order valence-corrected chi connectivity index (χ3v) is 7.35. The number of hydrogen-bond donors (Lipinski definition) is 1. The van der Waals surface area contributed by atoms with Crippen LogP contribution in [0.2, 0.25) is 0 Å². The smallest absolute Gasteiger partial charge is 0.285 e. The molecule has 3 aromatic rings. The molecule has 1 aliphatic rings. The van der Waals surface area contributed by atoms with E-state index in [1.807, 2.05) is 6.07 Å². The molecule has 2 heterocycles. The number of imide groups is 1. The van der Waals surface area contributed by atoms with E-state index >= 15 is 0 Å². The fraction of sp³-hybridized carbons (Fsp3) is 0.207. The first-order chi connectivity index (χ1) is 19.1. The highest BCUT2D eigenvalue weighted by atomic mass is 32.2. The van der Waals surface area contributed by atoms with Gasteiger partial charge in [0.2, 0.25) is 5.88 Å². The van der Waals surface area contributed by atoms with Crippen LogP contribution in [0.1, 0.15) is 75.5 Å². The van der Waals surface area contributed by atoms with Crippen LogP contribution in [0.3, 0.4) is 0 Å². The summed E-state index contributed by atoms with van der Waals surface area (Å²) >= 11 is 0.896. The fourth-order valence-corrected chi connectivity index (χ4v) is 4.92. The third-order valence-electron chi connectivity index (χ3n) is 6.65. The summed E-state index contributed by atoms with van der Waals surface area (Å²) in [7, 11) is 0. The van der Waals surface area contributed by atoms with E-state index in [9.17, 15) is 29.5 Å². The van der Waals surface area contributed by atoms with Crippen molar-refractivity contribution in [1.29, 1.82) is 5.26 Å². The molecule has 0 saturated carbocycles. The van der Waals surface area contributed by atoms with Crippen LogP contribution < -0.4 is 5.56 Å². The number of amides is 2. The molecule has 40 heavy (non-hydrogen) atoms. The number of nitriles is 1. The average Bonchev–Trinajstić information content (AvgIpc) is 3.21. The second-order valence-electron chi connectivity index (χ2n) is 9.08. The molecule has 0 atom stereocenters. The van der Waals surface area contributed by atoms with Gasteiger partial charge in [-0.2, -0.15) is 5.26 Å². The van der Waals surface area contributed by atoms with Crippen LogP contribution >= 0.6 is 11.9 Å². The molecule has 0 bridgehead atoms. The summed E-state index contributed by atoms with van der Waals surface area (Å²) in [5, 5.41) is 28.8.